The molecule has 0 bridgehead atoms. The predicted octanol–water partition coefficient (Wildman–Crippen LogP) is 1.16. The fourth-order valence-corrected chi connectivity index (χ4v) is 2.03. The summed E-state index contributed by atoms with van der Waals surface area (Å²) in [5, 5.41) is 3.14. The monoisotopic (exact) mass is 250 g/mol. The van der Waals surface area contributed by atoms with Crippen molar-refractivity contribution in [1.29, 1.82) is 0 Å². The van der Waals surface area contributed by atoms with Crippen LogP contribution >= 0.6 is 0 Å². The van der Waals surface area contributed by atoms with Crippen molar-refractivity contribution < 1.29 is 0 Å². The third-order valence-electron chi connectivity index (χ3n) is 3.31. The summed E-state index contributed by atoms with van der Waals surface area (Å²) in [7, 11) is 2.13. The summed E-state index contributed by atoms with van der Waals surface area (Å²) in [6.07, 6.45) is 7.00. The quantitative estimate of drug-likeness (QED) is 0.789. The van der Waals surface area contributed by atoms with Crippen LogP contribution in [0.5, 0.6) is 0 Å². The van der Waals surface area contributed by atoms with Gasteiger partial charge in [0.1, 0.15) is 0 Å². The van der Waals surface area contributed by atoms with Gasteiger partial charge in [0.15, 0.2) is 5.82 Å². The number of hydrogen-bond donors (Lipinski definition) is 1. The Morgan fingerprint density at radius 3 is 3.00 bits per heavy atom. The standard InChI is InChI=1S/C13H22N4O/c1-3-8-17-10-7-15-12(13(17)18)14-6-9-16(2)11-4-5-11/h7,10-11H,3-6,8-9H2,1-2H3,(H,14,15). The molecule has 0 radical (unpaired) electrons. The molecule has 1 aliphatic carbocycles. The fraction of sp³-hybridized carbons (Fsp3) is 0.692. The van der Waals surface area contributed by atoms with Crippen molar-refractivity contribution in [2.24, 2.45) is 0 Å². The second kappa shape index (κ2) is 6.00. The van der Waals surface area contributed by atoms with Crippen LogP contribution < -0.4 is 10.9 Å². The summed E-state index contributed by atoms with van der Waals surface area (Å²) in [4.78, 5) is 18.5. The van der Waals surface area contributed by atoms with E-state index in [4.69, 9.17) is 0 Å². The summed E-state index contributed by atoms with van der Waals surface area (Å²) >= 11 is 0. The largest absolute Gasteiger partial charge is 0.364 e. The molecule has 0 aromatic carbocycles. The highest BCUT2D eigenvalue weighted by molar-refractivity contribution is 5.30. The topological polar surface area (TPSA) is 50.2 Å². The maximum atomic E-state index is 12.0. The minimum Gasteiger partial charge on any atom is -0.364 e. The van der Waals surface area contributed by atoms with Crippen molar-refractivity contribution in [3.63, 3.8) is 0 Å². The molecule has 0 atom stereocenters. The van der Waals surface area contributed by atoms with E-state index in [1.165, 1.54) is 12.8 Å². The number of rotatable bonds is 7. The molecule has 1 aromatic rings. The molecule has 0 amide bonds. The molecule has 100 valence electrons. The number of nitrogens with zero attached hydrogens (tertiary/aromatic N) is 3. The number of nitrogens with one attached hydrogen (secondary N) is 1. The molecular formula is C13H22N4O. The number of anilines is 1. The molecule has 5 nitrogen and oxygen atoms in total. The summed E-state index contributed by atoms with van der Waals surface area (Å²) in [6, 6.07) is 0.757. The SMILES string of the molecule is CCCn1ccnc(NCCN(C)C2CC2)c1=O. The Morgan fingerprint density at radius 1 is 1.56 bits per heavy atom. The van der Waals surface area contributed by atoms with Crippen LogP contribution in [0.2, 0.25) is 0 Å². The van der Waals surface area contributed by atoms with E-state index >= 15 is 0 Å². The molecule has 1 aliphatic rings. The van der Waals surface area contributed by atoms with Crippen LogP contribution in [0.15, 0.2) is 17.2 Å². The van der Waals surface area contributed by atoms with Gasteiger partial charge in [-0.05, 0) is 26.3 Å². The van der Waals surface area contributed by atoms with Gasteiger partial charge in [-0.25, -0.2) is 4.98 Å². The summed E-state index contributed by atoms with van der Waals surface area (Å²) in [6.45, 7) is 4.53. The Kier molecular flexibility index (Phi) is 4.36. The van der Waals surface area contributed by atoms with Crippen molar-refractivity contribution in [1.82, 2.24) is 14.5 Å². The van der Waals surface area contributed by atoms with Gasteiger partial charge >= 0.3 is 0 Å². The van der Waals surface area contributed by atoms with Gasteiger partial charge in [0.25, 0.3) is 5.56 Å². The molecular weight excluding hydrogens is 228 g/mol. The molecule has 0 unspecified atom stereocenters. The highest BCUT2D eigenvalue weighted by atomic mass is 16.1. The van der Waals surface area contributed by atoms with Gasteiger partial charge in [0.2, 0.25) is 0 Å². The van der Waals surface area contributed by atoms with Crippen LogP contribution in [0, 0.1) is 0 Å². The smallest absolute Gasteiger partial charge is 0.293 e. The lowest BCUT2D eigenvalue weighted by Gasteiger charge is -2.16. The van der Waals surface area contributed by atoms with Crippen LogP contribution in [0.1, 0.15) is 26.2 Å². The maximum absolute atomic E-state index is 12.0. The third kappa shape index (κ3) is 3.32. The van der Waals surface area contributed by atoms with Gasteiger partial charge in [0.05, 0.1) is 0 Å². The summed E-state index contributed by atoms with van der Waals surface area (Å²) in [5.74, 6) is 0.468. The maximum Gasteiger partial charge on any atom is 0.293 e. The second-order valence-electron chi connectivity index (χ2n) is 4.91. The lowest BCUT2D eigenvalue weighted by molar-refractivity contribution is 0.337. The first kappa shape index (κ1) is 13.1. The highest BCUT2D eigenvalue weighted by Crippen LogP contribution is 2.24. The number of likely N-dealkylation sites (N-methyl/N-ethyl adjacent to an activating group) is 1. The Balaban J connectivity index is 1.88. The zero-order valence-corrected chi connectivity index (χ0v) is 11.2. The zero-order valence-electron chi connectivity index (χ0n) is 11.2. The van der Waals surface area contributed by atoms with Gasteiger partial charge in [-0.3, -0.25) is 4.79 Å². The molecule has 0 aliphatic heterocycles. The van der Waals surface area contributed by atoms with Gasteiger partial charge in [-0.2, -0.15) is 0 Å². The van der Waals surface area contributed by atoms with Crippen molar-refractivity contribution >= 4 is 5.82 Å². The van der Waals surface area contributed by atoms with Crippen LogP contribution in [0.3, 0.4) is 0 Å². The van der Waals surface area contributed by atoms with Crippen molar-refractivity contribution in [2.75, 3.05) is 25.5 Å². The molecule has 1 heterocycles. The minimum atomic E-state index is -0.0200. The van der Waals surface area contributed by atoms with E-state index in [0.717, 1.165) is 32.1 Å². The Bertz CT molecular complexity index is 439. The molecule has 0 saturated heterocycles. The van der Waals surface area contributed by atoms with Gasteiger partial charge in [-0.1, -0.05) is 6.92 Å². The molecule has 18 heavy (non-hydrogen) atoms. The Labute approximate surface area is 108 Å². The molecule has 5 heteroatoms. The van der Waals surface area contributed by atoms with Crippen LogP contribution in [0.25, 0.3) is 0 Å². The van der Waals surface area contributed by atoms with E-state index in [2.05, 4.69) is 29.2 Å². The first-order valence-electron chi connectivity index (χ1n) is 6.72. The van der Waals surface area contributed by atoms with Crippen molar-refractivity contribution in [3.8, 4) is 0 Å². The van der Waals surface area contributed by atoms with Crippen LogP contribution in [-0.2, 0) is 6.54 Å². The van der Waals surface area contributed by atoms with Crippen molar-refractivity contribution in [2.45, 2.75) is 38.8 Å². The van der Waals surface area contributed by atoms with Crippen LogP contribution in [0.4, 0.5) is 5.82 Å². The van der Waals surface area contributed by atoms with E-state index in [0.29, 0.717) is 5.82 Å². The molecule has 0 spiro atoms. The summed E-state index contributed by atoms with van der Waals surface area (Å²) in [5.41, 5.74) is -0.0200. The Morgan fingerprint density at radius 2 is 2.33 bits per heavy atom. The predicted molar refractivity (Wildman–Crippen MR) is 72.9 cm³/mol. The number of hydrogen-bond acceptors (Lipinski definition) is 4. The fourth-order valence-electron chi connectivity index (χ4n) is 2.03. The van der Waals surface area contributed by atoms with E-state index in [-0.39, 0.29) is 5.56 Å². The summed E-state index contributed by atoms with van der Waals surface area (Å²) < 4.78 is 1.71. The van der Waals surface area contributed by atoms with E-state index in [1.807, 2.05) is 0 Å². The Hall–Kier alpha value is -1.36. The van der Waals surface area contributed by atoms with E-state index in [9.17, 15) is 4.79 Å². The molecule has 1 saturated carbocycles. The number of aryl methyl sites for hydroxylation is 1. The van der Waals surface area contributed by atoms with E-state index in [1.54, 1.807) is 17.0 Å². The average Bonchev–Trinajstić information content (AvgIpc) is 3.18. The number of aromatic nitrogens is 2. The molecule has 2 rings (SSSR count). The van der Waals surface area contributed by atoms with Gasteiger partial charge in [0, 0.05) is 38.1 Å². The molecule has 1 fully saturated rings. The molecule has 1 aromatic heterocycles. The van der Waals surface area contributed by atoms with Gasteiger partial charge in [-0.15, -0.1) is 0 Å². The highest BCUT2D eigenvalue weighted by Gasteiger charge is 2.25. The third-order valence-corrected chi connectivity index (χ3v) is 3.31. The first-order chi connectivity index (χ1) is 8.72. The second-order valence-corrected chi connectivity index (χ2v) is 4.91. The van der Waals surface area contributed by atoms with Crippen molar-refractivity contribution in [3.05, 3.63) is 22.7 Å². The van der Waals surface area contributed by atoms with E-state index < -0.39 is 0 Å². The lowest BCUT2D eigenvalue weighted by Crippen LogP contribution is -2.30. The minimum absolute atomic E-state index is 0.0200. The van der Waals surface area contributed by atoms with Gasteiger partial charge < -0.3 is 14.8 Å². The lowest BCUT2D eigenvalue weighted by atomic mass is 10.4. The normalized spacial score (nSPS) is 15.1. The molecule has 1 N–H and O–H groups in total. The first-order valence-corrected chi connectivity index (χ1v) is 6.72. The zero-order chi connectivity index (χ0) is 13.0. The van der Waals surface area contributed by atoms with Crippen LogP contribution in [-0.4, -0.2) is 40.6 Å². The average molecular weight is 250 g/mol.